The van der Waals surface area contributed by atoms with Crippen LogP contribution in [0.4, 0.5) is 5.69 Å². The average molecular weight is 428 g/mol. The molecule has 3 aromatic rings. The molecule has 2 aliphatic rings. The summed E-state index contributed by atoms with van der Waals surface area (Å²) in [4.78, 5) is 6.31. The van der Waals surface area contributed by atoms with Gasteiger partial charge in [-0.2, -0.15) is 0 Å². The van der Waals surface area contributed by atoms with Crippen LogP contribution in [0.2, 0.25) is 10.0 Å². The standard InChI is InChI=1S/C22H23Cl2N5/c1-28-20(26-27-21(28)22(9-10-22)16-5-3-2-4-6-16)15-7-11-29(12-8-15)19-17(23)13-25-14-18(19)24/h2-6,13-15H,7-12H2,1H3. The summed E-state index contributed by atoms with van der Waals surface area (Å²) in [6, 6.07) is 10.7. The Kier molecular flexibility index (Phi) is 4.75. The van der Waals surface area contributed by atoms with Crippen molar-refractivity contribution in [3.05, 3.63) is 70.0 Å². The molecule has 1 aliphatic carbocycles. The summed E-state index contributed by atoms with van der Waals surface area (Å²) in [6.45, 7) is 1.78. The fraction of sp³-hybridized carbons (Fsp3) is 0.409. The molecule has 5 rings (SSSR count). The summed E-state index contributed by atoms with van der Waals surface area (Å²) in [7, 11) is 2.12. The highest BCUT2D eigenvalue weighted by molar-refractivity contribution is 6.38. The molecule has 5 nitrogen and oxygen atoms in total. The highest BCUT2D eigenvalue weighted by Crippen LogP contribution is 2.53. The maximum Gasteiger partial charge on any atom is 0.143 e. The Morgan fingerprint density at radius 2 is 1.62 bits per heavy atom. The molecule has 3 heterocycles. The third kappa shape index (κ3) is 3.21. The Morgan fingerprint density at radius 1 is 0.966 bits per heavy atom. The molecule has 7 heteroatoms. The van der Waals surface area contributed by atoms with E-state index in [0.717, 1.165) is 56.1 Å². The van der Waals surface area contributed by atoms with Gasteiger partial charge in [-0.1, -0.05) is 53.5 Å². The summed E-state index contributed by atoms with van der Waals surface area (Å²) in [5.74, 6) is 2.58. The Bertz CT molecular complexity index is 1000. The molecule has 2 fully saturated rings. The molecular weight excluding hydrogens is 405 g/mol. The van der Waals surface area contributed by atoms with Gasteiger partial charge < -0.3 is 9.47 Å². The number of nitrogens with zero attached hydrogens (tertiary/aromatic N) is 5. The van der Waals surface area contributed by atoms with E-state index in [1.165, 1.54) is 5.56 Å². The van der Waals surface area contributed by atoms with Crippen molar-refractivity contribution in [1.82, 2.24) is 19.7 Å². The Labute approximate surface area is 180 Å². The predicted octanol–water partition coefficient (Wildman–Crippen LogP) is 4.98. The van der Waals surface area contributed by atoms with Gasteiger partial charge in [-0.25, -0.2) is 0 Å². The summed E-state index contributed by atoms with van der Waals surface area (Å²) in [5, 5.41) is 10.5. The Balaban J connectivity index is 1.35. The normalized spacial score (nSPS) is 18.8. The van der Waals surface area contributed by atoms with Crippen molar-refractivity contribution >= 4 is 28.9 Å². The van der Waals surface area contributed by atoms with Crippen molar-refractivity contribution < 1.29 is 0 Å². The number of pyridine rings is 1. The van der Waals surface area contributed by atoms with Gasteiger partial charge in [0, 0.05) is 38.4 Å². The molecule has 0 atom stereocenters. The molecule has 0 spiro atoms. The van der Waals surface area contributed by atoms with Crippen LogP contribution in [-0.4, -0.2) is 32.8 Å². The number of hydrogen-bond donors (Lipinski definition) is 0. The highest BCUT2D eigenvalue weighted by atomic mass is 35.5. The molecule has 0 bridgehead atoms. The van der Waals surface area contributed by atoms with Gasteiger partial charge in [-0.05, 0) is 31.2 Å². The lowest BCUT2D eigenvalue weighted by atomic mass is 9.93. The first-order chi connectivity index (χ1) is 14.1. The molecule has 1 saturated carbocycles. The van der Waals surface area contributed by atoms with Crippen LogP contribution >= 0.6 is 23.2 Å². The van der Waals surface area contributed by atoms with Gasteiger partial charge >= 0.3 is 0 Å². The molecule has 0 radical (unpaired) electrons. The van der Waals surface area contributed by atoms with Crippen LogP contribution in [0.3, 0.4) is 0 Å². The van der Waals surface area contributed by atoms with Gasteiger partial charge in [0.2, 0.25) is 0 Å². The number of hydrogen-bond acceptors (Lipinski definition) is 4. The minimum Gasteiger partial charge on any atom is -0.369 e. The van der Waals surface area contributed by atoms with Crippen LogP contribution in [0.5, 0.6) is 0 Å². The average Bonchev–Trinajstić information content (AvgIpc) is 3.45. The molecule has 1 aromatic carbocycles. The van der Waals surface area contributed by atoms with Crippen molar-refractivity contribution in [1.29, 1.82) is 0 Å². The second kappa shape index (κ2) is 7.29. The van der Waals surface area contributed by atoms with E-state index in [1.807, 2.05) is 0 Å². The van der Waals surface area contributed by atoms with Crippen LogP contribution in [0.25, 0.3) is 0 Å². The zero-order chi connectivity index (χ0) is 20.0. The zero-order valence-electron chi connectivity index (χ0n) is 16.4. The second-order valence-electron chi connectivity index (χ2n) is 8.10. The SMILES string of the molecule is Cn1c(C2CCN(c3c(Cl)cncc3Cl)CC2)nnc1C1(c2ccccc2)CC1. The third-order valence-corrected chi connectivity index (χ3v) is 6.97. The van der Waals surface area contributed by atoms with Crippen LogP contribution in [0.15, 0.2) is 42.7 Å². The van der Waals surface area contributed by atoms with Gasteiger partial charge in [-0.15, -0.1) is 10.2 Å². The molecule has 0 amide bonds. The summed E-state index contributed by atoms with van der Waals surface area (Å²) in [6.07, 6.45) is 7.59. The highest BCUT2D eigenvalue weighted by Gasteiger charge is 2.50. The number of rotatable bonds is 4. The first kappa shape index (κ1) is 18.9. The Morgan fingerprint density at radius 3 is 2.24 bits per heavy atom. The maximum absolute atomic E-state index is 6.35. The van der Waals surface area contributed by atoms with Crippen LogP contribution < -0.4 is 4.90 Å². The van der Waals surface area contributed by atoms with E-state index in [2.05, 4.69) is 62.0 Å². The van der Waals surface area contributed by atoms with Crippen LogP contribution in [0, 0.1) is 0 Å². The first-order valence-electron chi connectivity index (χ1n) is 10.1. The predicted molar refractivity (Wildman–Crippen MR) is 116 cm³/mol. The van der Waals surface area contributed by atoms with Crippen molar-refractivity contribution in [3.63, 3.8) is 0 Å². The van der Waals surface area contributed by atoms with Gasteiger partial charge in [0.15, 0.2) is 0 Å². The smallest absolute Gasteiger partial charge is 0.143 e. The molecule has 1 aliphatic heterocycles. The fourth-order valence-electron chi connectivity index (χ4n) is 4.70. The number of aromatic nitrogens is 4. The molecule has 0 N–H and O–H groups in total. The van der Waals surface area contributed by atoms with E-state index in [9.17, 15) is 0 Å². The van der Waals surface area contributed by atoms with E-state index in [-0.39, 0.29) is 5.41 Å². The van der Waals surface area contributed by atoms with Gasteiger partial charge in [0.1, 0.15) is 11.6 Å². The lowest BCUT2D eigenvalue weighted by Gasteiger charge is -2.34. The van der Waals surface area contributed by atoms with E-state index < -0.39 is 0 Å². The molecular formula is C22H23Cl2N5. The van der Waals surface area contributed by atoms with Crippen molar-refractivity contribution in [2.75, 3.05) is 18.0 Å². The first-order valence-corrected chi connectivity index (χ1v) is 10.8. The monoisotopic (exact) mass is 427 g/mol. The minimum atomic E-state index is 0.0417. The van der Waals surface area contributed by atoms with E-state index in [1.54, 1.807) is 12.4 Å². The van der Waals surface area contributed by atoms with Gasteiger partial charge in [0.25, 0.3) is 0 Å². The van der Waals surface area contributed by atoms with Crippen molar-refractivity contribution in [2.45, 2.75) is 37.0 Å². The largest absolute Gasteiger partial charge is 0.369 e. The lowest BCUT2D eigenvalue weighted by molar-refractivity contribution is 0.471. The molecule has 2 aromatic heterocycles. The van der Waals surface area contributed by atoms with Crippen molar-refractivity contribution in [3.8, 4) is 0 Å². The van der Waals surface area contributed by atoms with Gasteiger partial charge in [-0.3, -0.25) is 4.98 Å². The molecule has 150 valence electrons. The maximum atomic E-state index is 6.35. The number of piperidine rings is 1. The number of benzene rings is 1. The fourth-order valence-corrected chi connectivity index (χ4v) is 5.31. The number of anilines is 1. The van der Waals surface area contributed by atoms with Gasteiger partial charge in [0.05, 0.1) is 21.1 Å². The number of halogens is 2. The summed E-state index contributed by atoms with van der Waals surface area (Å²) in [5.41, 5.74) is 2.28. The molecule has 1 saturated heterocycles. The second-order valence-corrected chi connectivity index (χ2v) is 8.92. The third-order valence-electron chi connectivity index (χ3n) is 6.42. The van der Waals surface area contributed by atoms with E-state index in [0.29, 0.717) is 16.0 Å². The quantitative estimate of drug-likeness (QED) is 0.588. The van der Waals surface area contributed by atoms with Crippen LogP contribution in [-0.2, 0) is 12.5 Å². The topological polar surface area (TPSA) is 46.8 Å². The molecule has 29 heavy (non-hydrogen) atoms. The molecule has 0 unspecified atom stereocenters. The minimum absolute atomic E-state index is 0.0417. The zero-order valence-corrected chi connectivity index (χ0v) is 17.9. The lowest BCUT2D eigenvalue weighted by Crippen LogP contribution is -2.34. The van der Waals surface area contributed by atoms with Crippen LogP contribution in [0.1, 0.15) is 48.8 Å². The van der Waals surface area contributed by atoms with E-state index >= 15 is 0 Å². The Hall–Kier alpha value is -2.11. The van der Waals surface area contributed by atoms with E-state index in [4.69, 9.17) is 23.2 Å². The summed E-state index contributed by atoms with van der Waals surface area (Å²) < 4.78 is 2.24. The summed E-state index contributed by atoms with van der Waals surface area (Å²) >= 11 is 12.7. The van der Waals surface area contributed by atoms with Crippen molar-refractivity contribution in [2.24, 2.45) is 7.05 Å².